The predicted molar refractivity (Wildman–Crippen MR) is 57.4 cm³/mol. The third-order valence-electron chi connectivity index (χ3n) is 2.34. The summed E-state index contributed by atoms with van der Waals surface area (Å²) in [4.78, 5) is 24.7. The van der Waals surface area contributed by atoms with Crippen LogP contribution >= 0.6 is 0 Å². The number of esters is 1. The second kappa shape index (κ2) is 5.34. The molecule has 0 unspecified atom stereocenters. The number of hydrogen-bond acceptors (Lipinski definition) is 3. The molecule has 1 aromatic heterocycles. The smallest absolute Gasteiger partial charge is 0.355 e. The van der Waals surface area contributed by atoms with E-state index in [9.17, 15) is 9.59 Å². The Morgan fingerprint density at radius 2 is 2.19 bits per heavy atom. The van der Waals surface area contributed by atoms with Crippen molar-refractivity contribution >= 4 is 11.9 Å². The molecule has 0 aliphatic carbocycles. The maximum Gasteiger partial charge on any atom is 0.355 e. The molecule has 2 N–H and O–H groups in total. The van der Waals surface area contributed by atoms with E-state index in [1.165, 1.54) is 0 Å². The maximum absolute atomic E-state index is 11.4. The normalized spacial score (nSPS) is 10.1. The first-order chi connectivity index (χ1) is 7.56. The SMILES string of the molecule is CCOC(=O)c1[nH]cc(CCC(=O)O)c1C. The van der Waals surface area contributed by atoms with Crippen LogP contribution in [-0.2, 0) is 16.0 Å². The molecule has 0 aromatic carbocycles. The van der Waals surface area contributed by atoms with Gasteiger partial charge >= 0.3 is 11.9 Å². The zero-order valence-corrected chi connectivity index (χ0v) is 9.37. The molecule has 0 saturated carbocycles. The number of carbonyl (C=O) groups excluding carboxylic acids is 1. The van der Waals surface area contributed by atoms with Gasteiger partial charge in [-0.2, -0.15) is 0 Å². The number of nitrogens with one attached hydrogen (secondary N) is 1. The van der Waals surface area contributed by atoms with Crippen LogP contribution in [-0.4, -0.2) is 28.6 Å². The lowest BCUT2D eigenvalue weighted by Gasteiger charge is -2.01. The lowest BCUT2D eigenvalue weighted by molar-refractivity contribution is -0.136. The van der Waals surface area contributed by atoms with Crippen molar-refractivity contribution in [3.05, 3.63) is 23.0 Å². The molecule has 1 aromatic rings. The molecule has 16 heavy (non-hydrogen) atoms. The quantitative estimate of drug-likeness (QED) is 0.744. The van der Waals surface area contributed by atoms with Crippen LogP contribution in [0.25, 0.3) is 0 Å². The molecule has 0 aliphatic rings. The van der Waals surface area contributed by atoms with Crippen molar-refractivity contribution in [3.8, 4) is 0 Å². The molecular weight excluding hydrogens is 210 g/mol. The monoisotopic (exact) mass is 225 g/mol. The van der Waals surface area contributed by atoms with Crippen molar-refractivity contribution in [3.63, 3.8) is 0 Å². The van der Waals surface area contributed by atoms with Crippen molar-refractivity contribution in [2.45, 2.75) is 26.7 Å². The average molecular weight is 225 g/mol. The van der Waals surface area contributed by atoms with E-state index in [-0.39, 0.29) is 6.42 Å². The lowest BCUT2D eigenvalue weighted by atomic mass is 10.1. The van der Waals surface area contributed by atoms with Gasteiger partial charge in [-0.25, -0.2) is 4.79 Å². The lowest BCUT2D eigenvalue weighted by Crippen LogP contribution is -2.06. The van der Waals surface area contributed by atoms with Gasteiger partial charge in [-0.05, 0) is 31.4 Å². The van der Waals surface area contributed by atoms with Gasteiger partial charge in [-0.3, -0.25) is 4.79 Å². The van der Waals surface area contributed by atoms with Crippen LogP contribution in [0.2, 0.25) is 0 Å². The number of aryl methyl sites for hydroxylation is 1. The molecule has 5 nitrogen and oxygen atoms in total. The first-order valence-corrected chi connectivity index (χ1v) is 5.12. The molecule has 1 heterocycles. The number of carboxylic acids is 1. The highest BCUT2D eigenvalue weighted by Crippen LogP contribution is 2.15. The van der Waals surface area contributed by atoms with Crippen LogP contribution in [0.3, 0.4) is 0 Å². The highest BCUT2D eigenvalue weighted by Gasteiger charge is 2.15. The predicted octanol–water partition coefficient (Wildman–Crippen LogP) is 1.52. The molecule has 0 radical (unpaired) electrons. The summed E-state index contributed by atoms with van der Waals surface area (Å²) in [7, 11) is 0. The molecule has 5 heteroatoms. The van der Waals surface area contributed by atoms with E-state index in [0.717, 1.165) is 11.1 Å². The summed E-state index contributed by atoms with van der Waals surface area (Å²) in [5, 5.41) is 8.56. The van der Waals surface area contributed by atoms with Crippen LogP contribution in [0.5, 0.6) is 0 Å². The van der Waals surface area contributed by atoms with Crippen LogP contribution in [0.15, 0.2) is 6.20 Å². The number of rotatable bonds is 5. The zero-order valence-electron chi connectivity index (χ0n) is 9.37. The number of ether oxygens (including phenoxy) is 1. The fourth-order valence-corrected chi connectivity index (χ4v) is 1.45. The summed E-state index contributed by atoms with van der Waals surface area (Å²) in [5.74, 6) is -1.25. The third kappa shape index (κ3) is 2.85. The third-order valence-corrected chi connectivity index (χ3v) is 2.34. The van der Waals surface area contributed by atoms with Crippen molar-refractivity contribution in [1.82, 2.24) is 4.98 Å². The van der Waals surface area contributed by atoms with E-state index in [4.69, 9.17) is 9.84 Å². The fourth-order valence-electron chi connectivity index (χ4n) is 1.45. The summed E-state index contributed by atoms with van der Waals surface area (Å²) in [5.41, 5.74) is 2.01. The van der Waals surface area contributed by atoms with E-state index in [1.807, 2.05) is 0 Å². The average Bonchev–Trinajstić information content (AvgIpc) is 2.57. The standard InChI is InChI=1S/C11H15NO4/c1-3-16-11(15)10-7(2)8(6-12-10)4-5-9(13)14/h6,12H,3-5H2,1-2H3,(H,13,14). The molecule has 0 atom stereocenters. The van der Waals surface area contributed by atoms with Crippen LogP contribution in [0.1, 0.15) is 35.0 Å². The van der Waals surface area contributed by atoms with Gasteiger partial charge in [0.2, 0.25) is 0 Å². The van der Waals surface area contributed by atoms with Crippen LogP contribution in [0, 0.1) is 6.92 Å². The number of aromatic amines is 1. The van der Waals surface area contributed by atoms with E-state index in [2.05, 4.69) is 4.98 Å². The van der Waals surface area contributed by atoms with E-state index in [1.54, 1.807) is 20.0 Å². The summed E-state index contributed by atoms with van der Waals surface area (Å²) in [6.07, 6.45) is 2.13. The Labute approximate surface area is 93.4 Å². The summed E-state index contributed by atoms with van der Waals surface area (Å²) in [6.45, 7) is 3.84. The Morgan fingerprint density at radius 1 is 1.50 bits per heavy atom. The van der Waals surface area contributed by atoms with Gasteiger partial charge in [0, 0.05) is 12.6 Å². The van der Waals surface area contributed by atoms with Gasteiger partial charge in [0.1, 0.15) is 5.69 Å². The summed E-state index contributed by atoms with van der Waals surface area (Å²) in [6, 6.07) is 0. The Balaban J connectivity index is 2.75. The Morgan fingerprint density at radius 3 is 2.75 bits per heavy atom. The highest BCUT2D eigenvalue weighted by molar-refractivity contribution is 5.89. The number of hydrogen-bond donors (Lipinski definition) is 2. The van der Waals surface area contributed by atoms with E-state index >= 15 is 0 Å². The van der Waals surface area contributed by atoms with Crippen molar-refractivity contribution in [2.24, 2.45) is 0 Å². The first-order valence-electron chi connectivity index (χ1n) is 5.12. The Hall–Kier alpha value is -1.78. The van der Waals surface area contributed by atoms with Gasteiger partial charge in [0.25, 0.3) is 0 Å². The molecule has 1 rings (SSSR count). The first kappa shape index (κ1) is 12.3. The molecule has 0 saturated heterocycles. The second-order valence-electron chi connectivity index (χ2n) is 3.43. The maximum atomic E-state index is 11.4. The molecule has 0 spiro atoms. The van der Waals surface area contributed by atoms with Gasteiger partial charge in [-0.1, -0.05) is 0 Å². The van der Waals surface area contributed by atoms with Crippen molar-refractivity contribution in [1.29, 1.82) is 0 Å². The van der Waals surface area contributed by atoms with Gasteiger partial charge in [0.05, 0.1) is 6.61 Å². The molecule has 0 bridgehead atoms. The summed E-state index contributed by atoms with van der Waals surface area (Å²) < 4.78 is 4.86. The minimum Gasteiger partial charge on any atom is -0.481 e. The van der Waals surface area contributed by atoms with E-state index < -0.39 is 11.9 Å². The number of H-pyrrole nitrogens is 1. The largest absolute Gasteiger partial charge is 0.481 e. The summed E-state index contributed by atoms with van der Waals surface area (Å²) >= 11 is 0. The number of carboxylic acid groups (broad SMARTS) is 1. The number of aromatic nitrogens is 1. The minimum atomic E-state index is -0.849. The highest BCUT2D eigenvalue weighted by atomic mass is 16.5. The fraction of sp³-hybridized carbons (Fsp3) is 0.455. The number of carbonyl (C=O) groups is 2. The van der Waals surface area contributed by atoms with Crippen LogP contribution < -0.4 is 0 Å². The van der Waals surface area contributed by atoms with Gasteiger partial charge < -0.3 is 14.8 Å². The second-order valence-corrected chi connectivity index (χ2v) is 3.43. The molecule has 0 aliphatic heterocycles. The van der Waals surface area contributed by atoms with Gasteiger partial charge in [-0.15, -0.1) is 0 Å². The van der Waals surface area contributed by atoms with Gasteiger partial charge in [0.15, 0.2) is 0 Å². The zero-order chi connectivity index (χ0) is 12.1. The van der Waals surface area contributed by atoms with Crippen molar-refractivity contribution < 1.29 is 19.4 Å². The molecule has 0 fully saturated rings. The van der Waals surface area contributed by atoms with Crippen molar-refractivity contribution in [2.75, 3.05) is 6.61 Å². The molecule has 0 amide bonds. The topological polar surface area (TPSA) is 79.4 Å². The Kier molecular flexibility index (Phi) is 4.10. The van der Waals surface area contributed by atoms with E-state index in [0.29, 0.717) is 18.7 Å². The number of aliphatic carboxylic acids is 1. The molecule has 88 valence electrons. The minimum absolute atomic E-state index is 0.0565. The molecular formula is C11H15NO4. The van der Waals surface area contributed by atoms with Crippen LogP contribution in [0.4, 0.5) is 0 Å². The Bertz CT molecular complexity index is 395.